The van der Waals surface area contributed by atoms with Crippen molar-refractivity contribution < 1.29 is 4.21 Å². The zero-order valence-electron chi connectivity index (χ0n) is 10.2. The second kappa shape index (κ2) is 5.41. The first kappa shape index (κ1) is 13.1. The minimum atomic E-state index is -0.585. The Labute approximate surface area is 95.9 Å². The van der Waals surface area contributed by atoms with Crippen molar-refractivity contribution in [1.29, 1.82) is 0 Å². The number of nitrogens with two attached hydrogens (primary N) is 1. The third kappa shape index (κ3) is 4.62. The molecule has 1 rings (SSSR count). The number of nitrogens with zero attached hydrogens (tertiary/aromatic N) is 1. The Morgan fingerprint density at radius 3 is 2.27 bits per heavy atom. The molecule has 2 N–H and O–H groups in total. The van der Waals surface area contributed by atoms with Crippen LogP contribution < -0.4 is 5.73 Å². The van der Waals surface area contributed by atoms with Crippen LogP contribution >= 0.6 is 0 Å². The van der Waals surface area contributed by atoms with E-state index in [0.29, 0.717) is 18.0 Å². The van der Waals surface area contributed by atoms with Crippen molar-refractivity contribution in [2.75, 3.05) is 31.1 Å². The lowest BCUT2D eigenvalue weighted by molar-refractivity contribution is 0.165. The lowest BCUT2D eigenvalue weighted by Crippen LogP contribution is -2.48. The molecule has 4 heteroatoms. The summed E-state index contributed by atoms with van der Waals surface area (Å²) in [7, 11) is -0.585. The average molecular weight is 232 g/mol. The molecule has 0 spiro atoms. The molecule has 1 heterocycles. The van der Waals surface area contributed by atoms with Gasteiger partial charge in [-0.05, 0) is 11.8 Å². The molecule has 1 unspecified atom stereocenters. The van der Waals surface area contributed by atoms with Crippen LogP contribution in [-0.2, 0) is 10.8 Å². The van der Waals surface area contributed by atoms with E-state index in [4.69, 9.17) is 5.73 Å². The van der Waals surface area contributed by atoms with Gasteiger partial charge in [-0.15, -0.1) is 0 Å². The summed E-state index contributed by atoms with van der Waals surface area (Å²) in [6.07, 6.45) is 1.12. The summed E-state index contributed by atoms with van der Waals surface area (Å²) < 4.78 is 11.3. The van der Waals surface area contributed by atoms with Gasteiger partial charge in [-0.25, -0.2) is 0 Å². The Morgan fingerprint density at radius 1 is 1.33 bits per heavy atom. The van der Waals surface area contributed by atoms with Gasteiger partial charge in [0.25, 0.3) is 0 Å². The standard InChI is InChI=1S/C11H24N2OS/c1-11(2,3)8-10(9-12)13-4-6-15(14)7-5-13/h10H,4-9,12H2,1-3H3. The second-order valence-electron chi connectivity index (χ2n) is 5.54. The molecule has 0 amide bonds. The summed E-state index contributed by atoms with van der Waals surface area (Å²) in [5.74, 6) is 1.64. The van der Waals surface area contributed by atoms with E-state index in [1.165, 1.54) is 0 Å². The average Bonchev–Trinajstić information content (AvgIpc) is 2.14. The van der Waals surface area contributed by atoms with Crippen LogP contribution in [0.2, 0.25) is 0 Å². The molecule has 0 aromatic carbocycles. The number of hydrogen-bond acceptors (Lipinski definition) is 3. The lowest BCUT2D eigenvalue weighted by Gasteiger charge is -2.36. The maximum absolute atomic E-state index is 11.3. The summed E-state index contributed by atoms with van der Waals surface area (Å²) in [5.41, 5.74) is 6.15. The van der Waals surface area contributed by atoms with Gasteiger partial charge in [0.05, 0.1) is 0 Å². The van der Waals surface area contributed by atoms with Crippen LogP contribution in [0.15, 0.2) is 0 Å². The molecular formula is C11H24N2OS. The highest BCUT2D eigenvalue weighted by Gasteiger charge is 2.25. The highest BCUT2D eigenvalue weighted by Crippen LogP contribution is 2.23. The topological polar surface area (TPSA) is 46.3 Å². The van der Waals surface area contributed by atoms with Gasteiger partial charge in [0, 0.05) is 48.0 Å². The van der Waals surface area contributed by atoms with Gasteiger partial charge in [0.15, 0.2) is 0 Å². The SMILES string of the molecule is CC(C)(C)CC(CN)N1CCS(=O)CC1. The van der Waals surface area contributed by atoms with Crippen LogP contribution in [0.4, 0.5) is 0 Å². The first-order valence-corrected chi connectivity index (χ1v) is 7.20. The van der Waals surface area contributed by atoms with Crippen molar-refractivity contribution in [2.45, 2.75) is 33.2 Å². The normalized spacial score (nSPS) is 22.9. The summed E-state index contributed by atoms with van der Waals surface area (Å²) >= 11 is 0. The Balaban J connectivity index is 2.48. The highest BCUT2D eigenvalue weighted by molar-refractivity contribution is 7.85. The largest absolute Gasteiger partial charge is 0.329 e. The van der Waals surface area contributed by atoms with E-state index in [2.05, 4.69) is 25.7 Å². The Kier molecular flexibility index (Phi) is 4.74. The molecule has 3 nitrogen and oxygen atoms in total. The van der Waals surface area contributed by atoms with Crippen LogP contribution in [-0.4, -0.2) is 46.3 Å². The van der Waals surface area contributed by atoms with Crippen LogP contribution in [0.1, 0.15) is 27.2 Å². The van der Waals surface area contributed by atoms with Gasteiger partial charge >= 0.3 is 0 Å². The van der Waals surface area contributed by atoms with E-state index in [0.717, 1.165) is 31.0 Å². The zero-order chi connectivity index (χ0) is 11.5. The molecule has 1 fully saturated rings. The number of rotatable bonds is 3. The lowest BCUT2D eigenvalue weighted by atomic mass is 9.87. The first-order chi connectivity index (χ1) is 6.92. The molecule has 1 aliphatic heterocycles. The van der Waals surface area contributed by atoms with Gasteiger partial charge < -0.3 is 5.73 Å². The van der Waals surface area contributed by atoms with Gasteiger partial charge in [0.2, 0.25) is 0 Å². The van der Waals surface area contributed by atoms with Crippen LogP contribution in [0, 0.1) is 5.41 Å². The third-order valence-electron chi connectivity index (χ3n) is 2.85. The van der Waals surface area contributed by atoms with Crippen molar-refractivity contribution >= 4 is 10.8 Å². The summed E-state index contributed by atoms with van der Waals surface area (Å²) in [6, 6.07) is 0.460. The predicted octanol–water partition coefficient (Wildman–Crippen LogP) is 0.814. The van der Waals surface area contributed by atoms with E-state index in [-0.39, 0.29) is 0 Å². The molecule has 0 aliphatic carbocycles. The van der Waals surface area contributed by atoms with Crippen LogP contribution in [0.5, 0.6) is 0 Å². The Morgan fingerprint density at radius 2 is 1.87 bits per heavy atom. The molecule has 0 bridgehead atoms. The minimum Gasteiger partial charge on any atom is -0.329 e. The molecule has 15 heavy (non-hydrogen) atoms. The van der Waals surface area contributed by atoms with Crippen molar-refractivity contribution in [3.63, 3.8) is 0 Å². The Bertz CT molecular complexity index is 215. The van der Waals surface area contributed by atoms with Gasteiger partial charge in [0.1, 0.15) is 0 Å². The van der Waals surface area contributed by atoms with Gasteiger partial charge in [-0.3, -0.25) is 9.11 Å². The molecule has 0 aromatic heterocycles. The van der Waals surface area contributed by atoms with Crippen molar-refractivity contribution in [2.24, 2.45) is 11.1 Å². The van der Waals surface area contributed by atoms with Crippen molar-refractivity contribution in [3.8, 4) is 0 Å². The summed E-state index contributed by atoms with van der Waals surface area (Å²) in [5, 5.41) is 0. The van der Waals surface area contributed by atoms with Gasteiger partial charge in [-0.1, -0.05) is 20.8 Å². The molecule has 0 saturated carbocycles. The van der Waals surface area contributed by atoms with E-state index >= 15 is 0 Å². The molecule has 1 aliphatic rings. The molecule has 0 radical (unpaired) electrons. The molecule has 1 atom stereocenters. The quantitative estimate of drug-likeness (QED) is 0.783. The Hall–Kier alpha value is 0.0700. The highest BCUT2D eigenvalue weighted by atomic mass is 32.2. The van der Waals surface area contributed by atoms with Crippen LogP contribution in [0.25, 0.3) is 0 Å². The smallest absolute Gasteiger partial charge is 0.0363 e. The minimum absolute atomic E-state index is 0.320. The van der Waals surface area contributed by atoms with Gasteiger partial charge in [-0.2, -0.15) is 0 Å². The second-order valence-corrected chi connectivity index (χ2v) is 7.23. The third-order valence-corrected chi connectivity index (χ3v) is 4.12. The predicted molar refractivity (Wildman–Crippen MR) is 66.4 cm³/mol. The monoisotopic (exact) mass is 232 g/mol. The van der Waals surface area contributed by atoms with E-state index < -0.39 is 10.8 Å². The number of hydrogen-bond donors (Lipinski definition) is 1. The molecule has 90 valence electrons. The summed E-state index contributed by atoms with van der Waals surface area (Å²) in [6.45, 7) is 9.35. The molecular weight excluding hydrogens is 208 g/mol. The molecule has 0 aromatic rings. The fraction of sp³-hybridized carbons (Fsp3) is 1.00. The fourth-order valence-corrected chi connectivity index (χ4v) is 3.17. The zero-order valence-corrected chi connectivity index (χ0v) is 11.0. The maximum atomic E-state index is 11.3. The first-order valence-electron chi connectivity index (χ1n) is 5.71. The van der Waals surface area contributed by atoms with Crippen molar-refractivity contribution in [1.82, 2.24) is 4.90 Å². The van der Waals surface area contributed by atoms with E-state index in [1.54, 1.807) is 0 Å². The maximum Gasteiger partial charge on any atom is 0.0363 e. The van der Waals surface area contributed by atoms with Crippen LogP contribution in [0.3, 0.4) is 0 Å². The van der Waals surface area contributed by atoms with Crippen molar-refractivity contribution in [3.05, 3.63) is 0 Å². The summed E-state index contributed by atoms with van der Waals surface area (Å²) in [4.78, 5) is 2.41. The van der Waals surface area contributed by atoms with E-state index in [1.807, 2.05) is 0 Å². The van der Waals surface area contributed by atoms with E-state index in [9.17, 15) is 4.21 Å². The molecule has 1 saturated heterocycles. The fourth-order valence-electron chi connectivity index (χ4n) is 2.09.